The lowest BCUT2D eigenvalue weighted by molar-refractivity contribution is 0.586. The molecule has 0 aliphatic rings. The van der Waals surface area contributed by atoms with Crippen molar-refractivity contribution in [2.24, 2.45) is 0 Å². The molecular weight excluding hydrogens is 232 g/mol. The highest BCUT2D eigenvalue weighted by Crippen LogP contribution is 2.23. The Labute approximate surface area is 104 Å². The van der Waals surface area contributed by atoms with Crippen molar-refractivity contribution in [3.63, 3.8) is 0 Å². The smallest absolute Gasteiger partial charge is 0.185 e. The number of sulfone groups is 1. The molecule has 0 saturated carbocycles. The quantitative estimate of drug-likeness (QED) is 0.751. The maximum atomic E-state index is 12.4. The summed E-state index contributed by atoms with van der Waals surface area (Å²) < 4.78 is 24.7. The second-order valence-corrected chi connectivity index (χ2v) is 6.35. The van der Waals surface area contributed by atoms with Gasteiger partial charge in [0.15, 0.2) is 9.84 Å². The second kappa shape index (κ2) is 5.32. The molecule has 2 nitrogen and oxygen atoms in total. The minimum absolute atomic E-state index is 0.345. The van der Waals surface area contributed by atoms with Gasteiger partial charge in [0.2, 0.25) is 0 Å². The standard InChI is InChI=1S/C14H18O2S/c1-5-6-14(11(2)3)17(15,16)13-9-7-12(4)8-10-13/h5,7-10,14H,1-2,6H2,3-4H3. The first-order chi connectivity index (χ1) is 7.89. The van der Waals surface area contributed by atoms with Gasteiger partial charge in [0, 0.05) is 0 Å². The molecule has 1 rings (SSSR count). The first-order valence-electron chi connectivity index (χ1n) is 5.46. The molecule has 1 aromatic carbocycles. The Morgan fingerprint density at radius 1 is 1.35 bits per heavy atom. The molecule has 0 heterocycles. The van der Waals surface area contributed by atoms with Gasteiger partial charge in [-0.05, 0) is 32.4 Å². The summed E-state index contributed by atoms with van der Waals surface area (Å²) in [7, 11) is -3.35. The number of hydrogen-bond acceptors (Lipinski definition) is 2. The van der Waals surface area contributed by atoms with E-state index in [4.69, 9.17) is 0 Å². The van der Waals surface area contributed by atoms with Crippen molar-refractivity contribution >= 4 is 9.84 Å². The molecule has 0 N–H and O–H groups in total. The molecule has 0 aromatic heterocycles. The van der Waals surface area contributed by atoms with Crippen molar-refractivity contribution in [2.75, 3.05) is 0 Å². The van der Waals surface area contributed by atoms with E-state index >= 15 is 0 Å². The van der Waals surface area contributed by atoms with Crippen molar-refractivity contribution in [3.05, 3.63) is 54.6 Å². The van der Waals surface area contributed by atoms with Crippen LogP contribution >= 0.6 is 0 Å². The molecule has 0 aliphatic carbocycles. The van der Waals surface area contributed by atoms with E-state index in [1.54, 1.807) is 37.3 Å². The highest BCUT2D eigenvalue weighted by molar-refractivity contribution is 7.92. The summed E-state index contributed by atoms with van der Waals surface area (Å²) >= 11 is 0. The molecule has 0 aliphatic heterocycles. The van der Waals surface area contributed by atoms with Crippen molar-refractivity contribution < 1.29 is 8.42 Å². The van der Waals surface area contributed by atoms with Crippen LogP contribution in [0, 0.1) is 6.92 Å². The third kappa shape index (κ3) is 3.07. The molecule has 1 unspecified atom stereocenters. The molecule has 0 saturated heterocycles. The summed E-state index contributed by atoms with van der Waals surface area (Å²) in [5, 5.41) is -0.581. The molecule has 1 aromatic rings. The Kier molecular flexibility index (Phi) is 4.29. The van der Waals surface area contributed by atoms with E-state index in [0.717, 1.165) is 5.56 Å². The SMILES string of the molecule is C=CCC(C(=C)C)S(=O)(=O)c1ccc(C)cc1. The minimum Gasteiger partial charge on any atom is -0.223 e. The van der Waals surface area contributed by atoms with Crippen molar-refractivity contribution in [3.8, 4) is 0 Å². The van der Waals surface area contributed by atoms with Crippen LogP contribution in [0.4, 0.5) is 0 Å². The molecule has 0 radical (unpaired) electrons. The van der Waals surface area contributed by atoms with Crippen LogP contribution in [0.2, 0.25) is 0 Å². The monoisotopic (exact) mass is 250 g/mol. The van der Waals surface area contributed by atoms with Gasteiger partial charge in [-0.3, -0.25) is 0 Å². The predicted octanol–water partition coefficient (Wildman–Crippen LogP) is 3.29. The van der Waals surface area contributed by atoms with Gasteiger partial charge in [-0.2, -0.15) is 0 Å². The Balaban J connectivity index is 3.20. The number of aryl methyl sites for hydroxylation is 1. The fourth-order valence-electron chi connectivity index (χ4n) is 1.64. The van der Waals surface area contributed by atoms with E-state index in [2.05, 4.69) is 13.2 Å². The minimum atomic E-state index is -3.35. The van der Waals surface area contributed by atoms with Crippen molar-refractivity contribution in [1.29, 1.82) is 0 Å². The van der Waals surface area contributed by atoms with Gasteiger partial charge in [-0.15, -0.1) is 6.58 Å². The number of rotatable bonds is 5. The van der Waals surface area contributed by atoms with Crippen LogP contribution in [0.1, 0.15) is 18.9 Å². The number of benzene rings is 1. The summed E-state index contributed by atoms with van der Waals surface area (Å²) in [4.78, 5) is 0.345. The summed E-state index contributed by atoms with van der Waals surface area (Å²) in [5.41, 5.74) is 1.69. The Hall–Kier alpha value is -1.35. The van der Waals surface area contributed by atoms with E-state index in [1.807, 2.05) is 6.92 Å². The third-order valence-corrected chi connectivity index (χ3v) is 4.93. The van der Waals surface area contributed by atoms with E-state index in [-0.39, 0.29) is 0 Å². The van der Waals surface area contributed by atoms with Crippen LogP contribution in [0.25, 0.3) is 0 Å². The lowest BCUT2D eigenvalue weighted by atomic mass is 10.2. The third-order valence-electron chi connectivity index (χ3n) is 2.65. The highest BCUT2D eigenvalue weighted by atomic mass is 32.2. The molecule has 17 heavy (non-hydrogen) atoms. The average Bonchev–Trinajstić information content (AvgIpc) is 2.25. The fraction of sp³-hybridized carbons (Fsp3) is 0.286. The van der Waals surface area contributed by atoms with Crippen molar-refractivity contribution in [2.45, 2.75) is 30.4 Å². The largest absolute Gasteiger partial charge is 0.223 e. The topological polar surface area (TPSA) is 34.1 Å². The van der Waals surface area contributed by atoms with E-state index in [9.17, 15) is 8.42 Å². The molecular formula is C14H18O2S. The van der Waals surface area contributed by atoms with Gasteiger partial charge in [0.05, 0.1) is 10.1 Å². The molecule has 1 atom stereocenters. The Morgan fingerprint density at radius 2 is 1.88 bits per heavy atom. The normalized spacial score (nSPS) is 13.1. The summed E-state index contributed by atoms with van der Waals surface area (Å²) in [5.74, 6) is 0. The van der Waals surface area contributed by atoms with Gasteiger partial charge in [-0.1, -0.05) is 35.9 Å². The second-order valence-electron chi connectivity index (χ2n) is 4.22. The molecule has 0 spiro atoms. The Bertz CT molecular complexity index is 510. The summed E-state index contributed by atoms with van der Waals surface area (Å²) in [6, 6.07) is 6.89. The summed E-state index contributed by atoms with van der Waals surface area (Å²) in [6.45, 7) is 11.0. The highest BCUT2D eigenvalue weighted by Gasteiger charge is 2.26. The average molecular weight is 250 g/mol. The van der Waals surface area contributed by atoms with Crippen LogP contribution < -0.4 is 0 Å². The van der Waals surface area contributed by atoms with Crippen LogP contribution in [0.5, 0.6) is 0 Å². The lowest BCUT2D eigenvalue weighted by Crippen LogP contribution is -2.21. The van der Waals surface area contributed by atoms with Gasteiger partial charge in [0.1, 0.15) is 0 Å². The molecule has 0 fully saturated rings. The van der Waals surface area contributed by atoms with Crippen LogP contribution in [0.15, 0.2) is 54.0 Å². The first-order valence-corrected chi connectivity index (χ1v) is 7.01. The predicted molar refractivity (Wildman–Crippen MR) is 71.8 cm³/mol. The number of allylic oxidation sites excluding steroid dienone is 1. The Morgan fingerprint density at radius 3 is 2.29 bits per heavy atom. The van der Waals surface area contributed by atoms with Crippen LogP contribution in [-0.2, 0) is 9.84 Å². The number of hydrogen-bond donors (Lipinski definition) is 0. The fourth-order valence-corrected chi connectivity index (χ4v) is 3.40. The first kappa shape index (κ1) is 13.7. The van der Waals surface area contributed by atoms with Crippen molar-refractivity contribution in [1.82, 2.24) is 0 Å². The van der Waals surface area contributed by atoms with Gasteiger partial charge in [0.25, 0.3) is 0 Å². The molecule has 0 amide bonds. The van der Waals surface area contributed by atoms with Gasteiger partial charge in [-0.25, -0.2) is 8.42 Å². The molecule has 0 bridgehead atoms. The van der Waals surface area contributed by atoms with E-state index < -0.39 is 15.1 Å². The zero-order chi connectivity index (χ0) is 13.1. The maximum Gasteiger partial charge on any atom is 0.185 e. The summed E-state index contributed by atoms with van der Waals surface area (Å²) in [6.07, 6.45) is 2.01. The van der Waals surface area contributed by atoms with E-state index in [0.29, 0.717) is 16.9 Å². The van der Waals surface area contributed by atoms with E-state index in [1.165, 1.54) is 0 Å². The zero-order valence-electron chi connectivity index (χ0n) is 10.3. The maximum absolute atomic E-state index is 12.4. The van der Waals surface area contributed by atoms with Crippen LogP contribution in [0.3, 0.4) is 0 Å². The molecule has 92 valence electrons. The van der Waals surface area contributed by atoms with Gasteiger partial charge >= 0.3 is 0 Å². The van der Waals surface area contributed by atoms with Gasteiger partial charge < -0.3 is 0 Å². The van der Waals surface area contributed by atoms with Crippen LogP contribution in [-0.4, -0.2) is 13.7 Å². The molecule has 3 heteroatoms. The zero-order valence-corrected chi connectivity index (χ0v) is 11.1. The lowest BCUT2D eigenvalue weighted by Gasteiger charge is -2.16.